The third-order valence-corrected chi connectivity index (χ3v) is 2.52. The highest BCUT2D eigenvalue weighted by Crippen LogP contribution is 2.11. The molecule has 1 aromatic rings. The van der Waals surface area contributed by atoms with Gasteiger partial charge in [-0.2, -0.15) is 0 Å². The summed E-state index contributed by atoms with van der Waals surface area (Å²) in [7, 11) is 1.56. The molecule has 1 amide bonds. The number of rotatable bonds is 5. The molecule has 0 fully saturated rings. The number of hydrogen-bond acceptors (Lipinski definition) is 3. The molecule has 0 saturated heterocycles. The molecule has 18 heavy (non-hydrogen) atoms. The van der Waals surface area contributed by atoms with E-state index in [4.69, 9.17) is 16.3 Å². The van der Waals surface area contributed by atoms with Gasteiger partial charge in [0.25, 0.3) is 5.91 Å². The quantitative estimate of drug-likeness (QED) is 0.771. The lowest BCUT2D eigenvalue weighted by Crippen LogP contribution is -2.33. The van der Waals surface area contributed by atoms with Gasteiger partial charge in [-0.1, -0.05) is 18.5 Å². The molecule has 0 atom stereocenters. The maximum absolute atomic E-state index is 11.9. The van der Waals surface area contributed by atoms with Gasteiger partial charge in [-0.05, 0) is 30.7 Å². The Kier molecular flexibility index (Phi) is 5.65. The molecule has 4 nitrogen and oxygen atoms in total. The van der Waals surface area contributed by atoms with Crippen molar-refractivity contribution in [2.45, 2.75) is 13.3 Å². The van der Waals surface area contributed by atoms with Gasteiger partial charge in [0.05, 0.1) is 6.61 Å². The zero-order valence-electron chi connectivity index (χ0n) is 10.5. The number of likely N-dealkylation sites (N-methyl/N-ethyl adjacent to an activating group) is 1. The van der Waals surface area contributed by atoms with Crippen molar-refractivity contribution in [1.29, 1.82) is 0 Å². The van der Waals surface area contributed by atoms with Gasteiger partial charge < -0.3 is 9.64 Å². The molecular weight excluding hydrogens is 254 g/mol. The van der Waals surface area contributed by atoms with Crippen LogP contribution in [-0.2, 0) is 9.53 Å². The number of ether oxygens (including phenoxy) is 1. The van der Waals surface area contributed by atoms with Gasteiger partial charge in [-0.15, -0.1) is 0 Å². The number of carbonyl (C=O) groups excluding carboxylic acids is 2. The van der Waals surface area contributed by atoms with Crippen molar-refractivity contribution in [2.24, 2.45) is 0 Å². The summed E-state index contributed by atoms with van der Waals surface area (Å²) in [5, 5.41) is 0.566. The molecule has 0 aliphatic rings. The molecule has 5 heteroatoms. The molecule has 0 heterocycles. The molecule has 0 aliphatic carbocycles. The first kappa shape index (κ1) is 14.5. The second-order valence-corrected chi connectivity index (χ2v) is 4.33. The van der Waals surface area contributed by atoms with E-state index < -0.39 is 5.97 Å². The molecule has 0 unspecified atom stereocenters. The number of carbonyl (C=O) groups is 2. The predicted molar refractivity (Wildman–Crippen MR) is 69.7 cm³/mol. The molecule has 98 valence electrons. The van der Waals surface area contributed by atoms with Gasteiger partial charge in [0.15, 0.2) is 0 Å². The Bertz CT molecular complexity index is 417. The van der Waals surface area contributed by atoms with Crippen molar-refractivity contribution in [3.63, 3.8) is 0 Å². The van der Waals surface area contributed by atoms with E-state index in [0.29, 0.717) is 17.2 Å². The molecule has 1 aromatic carbocycles. The smallest absolute Gasteiger partial charge is 0.325 e. The third kappa shape index (κ3) is 4.37. The van der Waals surface area contributed by atoms with Crippen LogP contribution in [0.5, 0.6) is 0 Å². The van der Waals surface area contributed by atoms with Crippen LogP contribution in [0, 0.1) is 0 Å². The van der Waals surface area contributed by atoms with Crippen LogP contribution in [0.4, 0.5) is 0 Å². The van der Waals surface area contributed by atoms with E-state index in [0.717, 1.165) is 6.42 Å². The normalized spacial score (nSPS) is 9.94. The fraction of sp³-hybridized carbons (Fsp3) is 0.385. The molecule has 0 saturated carbocycles. The second kappa shape index (κ2) is 7.01. The Balaban J connectivity index is 2.56. The molecule has 0 aliphatic heterocycles. The van der Waals surface area contributed by atoms with Crippen LogP contribution in [0.15, 0.2) is 24.3 Å². The standard InChI is InChI=1S/C13H16ClNO3/c1-3-8-18-12(16)9-15(2)13(17)10-4-6-11(14)7-5-10/h4-7H,3,8-9H2,1-2H3. The van der Waals surface area contributed by atoms with Gasteiger partial charge in [-0.25, -0.2) is 0 Å². The number of esters is 1. The summed E-state index contributed by atoms with van der Waals surface area (Å²) in [5.41, 5.74) is 0.491. The first-order valence-electron chi connectivity index (χ1n) is 5.71. The highest BCUT2D eigenvalue weighted by atomic mass is 35.5. The summed E-state index contributed by atoms with van der Waals surface area (Å²) < 4.78 is 4.91. The maximum Gasteiger partial charge on any atom is 0.325 e. The minimum Gasteiger partial charge on any atom is -0.464 e. The number of halogens is 1. The van der Waals surface area contributed by atoms with Crippen molar-refractivity contribution in [1.82, 2.24) is 4.90 Å². The Labute approximate surface area is 111 Å². The van der Waals surface area contributed by atoms with Crippen molar-refractivity contribution < 1.29 is 14.3 Å². The van der Waals surface area contributed by atoms with Crippen molar-refractivity contribution >= 4 is 23.5 Å². The number of amides is 1. The van der Waals surface area contributed by atoms with Crippen molar-refractivity contribution in [2.75, 3.05) is 20.2 Å². The Morgan fingerprint density at radius 2 is 1.89 bits per heavy atom. The van der Waals surface area contributed by atoms with Crippen molar-refractivity contribution in [3.05, 3.63) is 34.9 Å². The minimum absolute atomic E-state index is 0.0541. The van der Waals surface area contributed by atoms with Crippen molar-refractivity contribution in [3.8, 4) is 0 Å². The summed E-state index contributed by atoms with van der Waals surface area (Å²) in [6.45, 7) is 2.24. The van der Waals surface area contributed by atoms with Gasteiger partial charge in [-0.3, -0.25) is 9.59 Å². The summed E-state index contributed by atoms with van der Waals surface area (Å²) in [6, 6.07) is 6.52. The summed E-state index contributed by atoms with van der Waals surface area (Å²) >= 11 is 5.74. The van der Waals surface area contributed by atoms with Crippen LogP contribution in [0.3, 0.4) is 0 Å². The zero-order valence-corrected chi connectivity index (χ0v) is 11.2. The number of nitrogens with zero attached hydrogens (tertiary/aromatic N) is 1. The summed E-state index contributed by atoms with van der Waals surface area (Å²) in [6.07, 6.45) is 0.764. The first-order valence-corrected chi connectivity index (χ1v) is 6.09. The van der Waals surface area contributed by atoms with Gasteiger partial charge in [0.1, 0.15) is 6.54 Å². The van der Waals surface area contributed by atoms with Crippen LogP contribution >= 0.6 is 11.6 Å². The molecular formula is C13H16ClNO3. The van der Waals surface area contributed by atoms with Gasteiger partial charge in [0, 0.05) is 17.6 Å². The summed E-state index contributed by atoms with van der Waals surface area (Å²) in [4.78, 5) is 24.6. The van der Waals surface area contributed by atoms with E-state index in [1.165, 1.54) is 4.90 Å². The Hall–Kier alpha value is -1.55. The van der Waals surface area contributed by atoms with E-state index in [1.807, 2.05) is 6.92 Å². The monoisotopic (exact) mass is 269 g/mol. The van der Waals surface area contributed by atoms with Crippen LogP contribution in [0.2, 0.25) is 5.02 Å². The second-order valence-electron chi connectivity index (χ2n) is 3.89. The molecule has 1 rings (SSSR count). The molecule has 0 aromatic heterocycles. The zero-order chi connectivity index (χ0) is 13.5. The molecule has 0 spiro atoms. The maximum atomic E-state index is 11.9. The minimum atomic E-state index is -0.401. The Morgan fingerprint density at radius 1 is 1.28 bits per heavy atom. The Morgan fingerprint density at radius 3 is 2.44 bits per heavy atom. The highest BCUT2D eigenvalue weighted by molar-refractivity contribution is 6.30. The fourth-order valence-electron chi connectivity index (χ4n) is 1.34. The van der Waals surface area contributed by atoms with E-state index in [9.17, 15) is 9.59 Å². The van der Waals surface area contributed by atoms with E-state index in [-0.39, 0.29) is 12.5 Å². The molecule has 0 N–H and O–H groups in total. The van der Waals surface area contributed by atoms with E-state index in [1.54, 1.807) is 31.3 Å². The first-order chi connectivity index (χ1) is 8.54. The van der Waals surface area contributed by atoms with Gasteiger partial charge in [0.2, 0.25) is 0 Å². The highest BCUT2D eigenvalue weighted by Gasteiger charge is 2.15. The topological polar surface area (TPSA) is 46.6 Å². The molecule has 0 radical (unpaired) electrons. The number of hydrogen-bond donors (Lipinski definition) is 0. The van der Waals surface area contributed by atoms with E-state index in [2.05, 4.69) is 0 Å². The lowest BCUT2D eigenvalue weighted by Gasteiger charge is -2.16. The SMILES string of the molecule is CCCOC(=O)CN(C)C(=O)c1ccc(Cl)cc1. The lowest BCUT2D eigenvalue weighted by atomic mass is 10.2. The van der Waals surface area contributed by atoms with Gasteiger partial charge >= 0.3 is 5.97 Å². The predicted octanol–water partition coefficient (Wildman–Crippen LogP) is 2.37. The van der Waals surface area contributed by atoms with Crippen LogP contribution in [0.1, 0.15) is 23.7 Å². The average Bonchev–Trinajstić information content (AvgIpc) is 2.36. The average molecular weight is 270 g/mol. The third-order valence-electron chi connectivity index (χ3n) is 2.27. The van der Waals surface area contributed by atoms with Crippen LogP contribution in [-0.4, -0.2) is 37.0 Å². The largest absolute Gasteiger partial charge is 0.464 e. The summed E-state index contributed by atoms with van der Waals surface area (Å²) in [5.74, 6) is -0.637. The fourth-order valence-corrected chi connectivity index (χ4v) is 1.47. The van der Waals surface area contributed by atoms with E-state index >= 15 is 0 Å². The lowest BCUT2D eigenvalue weighted by molar-refractivity contribution is -0.144. The van der Waals surface area contributed by atoms with Crippen LogP contribution in [0.25, 0.3) is 0 Å². The molecule has 0 bridgehead atoms. The van der Waals surface area contributed by atoms with Crippen LogP contribution < -0.4 is 0 Å². The number of benzene rings is 1.